The predicted octanol–water partition coefficient (Wildman–Crippen LogP) is 1.85. The van der Waals surface area contributed by atoms with Crippen molar-refractivity contribution in [3.8, 4) is 0 Å². The number of carbonyl (C=O) groups is 1. The molecule has 0 saturated carbocycles. The largest absolute Gasteiger partial charge is 0.378 e. The molecule has 18 heavy (non-hydrogen) atoms. The summed E-state index contributed by atoms with van der Waals surface area (Å²) in [6, 6.07) is 3.87. The second-order valence-corrected chi connectivity index (χ2v) is 5.55. The first kappa shape index (κ1) is 13.0. The number of hydrogen-bond donors (Lipinski definition) is 0. The SMILES string of the molecule is CC(C)(C)c1cccnc1C(=O)N1CCOCC1. The van der Waals surface area contributed by atoms with Gasteiger partial charge in [0.25, 0.3) is 5.91 Å². The van der Waals surface area contributed by atoms with Gasteiger partial charge in [0, 0.05) is 19.3 Å². The highest BCUT2D eigenvalue weighted by molar-refractivity contribution is 5.94. The van der Waals surface area contributed by atoms with Crippen LogP contribution in [-0.4, -0.2) is 42.1 Å². The van der Waals surface area contributed by atoms with Crippen molar-refractivity contribution in [3.63, 3.8) is 0 Å². The molecule has 0 radical (unpaired) electrons. The molecule has 0 atom stereocenters. The van der Waals surface area contributed by atoms with Crippen molar-refractivity contribution in [1.82, 2.24) is 9.88 Å². The van der Waals surface area contributed by atoms with E-state index in [4.69, 9.17) is 4.74 Å². The minimum Gasteiger partial charge on any atom is -0.378 e. The van der Waals surface area contributed by atoms with E-state index in [9.17, 15) is 4.79 Å². The molecule has 0 unspecified atom stereocenters. The molecule has 1 aliphatic heterocycles. The van der Waals surface area contributed by atoms with E-state index >= 15 is 0 Å². The number of nitrogens with zero attached hydrogens (tertiary/aromatic N) is 2. The average molecular weight is 248 g/mol. The van der Waals surface area contributed by atoms with E-state index in [1.807, 2.05) is 17.0 Å². The molecule has 0 bridgehead atoms. The number of morpholine rings is 1. The van der Waals surface area contributed by atoms with Crippen LogP contribution in [0.15, 0.2) is 18.3 Å². The number of hydrogen-bond acceptors (Lipinski definition) is 3. The molecule has 2 heterocycles. The molecular formula is C14H20N2O2. The number of ether oxygens (including phenoxy) is 1. The van der Waals surface area contributed by atoms with Crippen molar-refractivity contribution < 1.29 is 9.53 Å². The van der Waals surface area contributed by atoms with Crippen LogP contribution in [0.5, 0.6) is 0 Å². The van der Waals surface area contributed by atoms with Crippen LogP contribution < -0.4 is 0 Å². The molecule has 98 valence electrons. The molecule has 4 nitrogen and oxygen atoms in total. The normalized spacial score (nSPS) is 16.7. The number of rotatable bonds is 1. The van der Waals surface area contributed by atoms with E-state index in [1.165, 1.54) is 0 Å². The summed E-state index contributed by atoms with van der Waals surface area (Å²) in [5.74, 6) is 0.0174. The smallest absolute Gasteiger partial charge is 0.272 e. The van der Waals surface area contributed by atoms with Crippen LogP contribution in [-0.2, 0) is 10.2 Å². The summed E-state index contributed by atoms with van der Waals surface area (Å²) < 4.78 is 5.27. The number of amides is 1. The highest BCUT2D eigenvalue weighted by Gasteiger charge is 2.26. The van der Waals surface area contributed by atoms with E-state index in [2.05, 4.69) is 25.8 Å². The van der Waals surface area contributed by atoms with Crippen molar-refractivity contribution in [2.75, 3.05) is 26.3 Å². The fraction of sp³-hybridized carbons (Fsp3) is 0.571. The van der Waals surface area contributed by atoms with Gasteiger partial charge in [-0.3, -0.25) is 9.78 Å². The van der Waals surface area contributed by atoms with Gasteiger partial charge in [0.1, 0.15) is 5.69 Å². The molecular weight excluding hydrogens is 228 g/mol. The van der Waals surface area contributed by atoms with Gasteiger partial charge in [0.2, 0.25) is 0 Å². The van der Waals surface area contributed by atoms with Crippen molar-refractivity contribution in [2.24, 2.45) is 0 Å². The Bertz CT molecular complexity index is 432. The lowest BCUT2D eigenvalue weighted by Gasteiger charge is -2.29. The Morgan fingerprint density at radius 3 is 2.61 bits per heavy atom. The monoisotopic (exact) mass is 248 g/mol. The van der Waals surface area contributed by atoms with E-state index < -0.39 is 0 Å². The molecule has 1 aromatic heterocycles. The fourth-order valence-electron chi connectivity index (χ4n) is 2.10. The Labute approximate surface area is 108 Å². The van der Waals surface area contributed by atoms with Gasteiger partial charge in [0.15, 0.2) is 0 Å². The van der Waals surface area contributed by atoms with Crippen LogP contribution in [0.4, 0.5) is 0 Å². The van der Waals surface area contributed by atoms with Crippen LogP contribution >= 0.6 is 0 Å². The summed E-state index contributed by atoms with van der Waals surface area (Å²) in [7, 11) is 0. The third-order valence-electron chi connectivity index (χ3n) is 3.12. The zero-order chi connectivity index (χ0) is 13.2. The number of aromatic nitrogens is 1. The van der Waals surface area contributed by atoms with Crippen LogP contribution in [0.2, 0.25) is 0 Å². The van der Waals surface area contributed by atoms with Gasteiger partial charge in [-0.1, -0.05) is 26.8 Å². The highest BCUT2D eigenvalue weighted by Crippen LogP contribution is 2.25. The van der Waals surface area contributed by atoms with Crippen molar-refractivity contribution >= 4 is 5.91 Å². The molecule has 1 saturated heterocycles. The fourth-order valence-corrected chi connectivity index (χ4v) is 2.10. The lowest BCUT2D eigenvalue weighted by molar-refractivity contribution is 0.0297. The highest BCUT2D eigenvalue weighted by atomic mass is 16.5. The van der Waals surface area contributed by atoms with Crippen LogP contribution in [0.3, 0.4) is 0 Å². The molecule has 1 amide bonds. The van der Waals surface area contributed by atoms with Gasteiger partial charge in [-0.2, -0.15) is 0 Å². The standard InChI is InChI=1S/C14H20N2O2/c1-14(2,3)11-5-4-6-15-12(11)13(17)16-7-9-18-10-8-16/h4-6H,7-10H2,1-3H3. The van der Waals surface area contributed by atoms with E-state index in [1.54, 1.807) is 6.20 Å². The molecule has 0 N–H and O–H groups in total. The summed E-state index contributed by atoms with van der Waals surface area (Å²) in [5, 5.41) is 0. The van der Waals surface area contributed by atoms with E-state index in [-0.39, 0.29) is 11.3 Å². The summed E-state index contributed by atoms with van der Waals surface area (Å²) in [6.45, 7) is 8.82. The van der Waals surface area contributed by atoms with Gasteiger partial charge in [-0.15, -0.1) is 0 Å². The quantitative estimate of drug-likeness (QED) is 0.761. The molecule has 1 aromatic rings. The van der Waals surface area contributed by atoms with E-state index in [0.717, 1.165) is 5.56 Å². The molecule has 0 aromatic carbocycles. The Kier molecular flexibility index (Phi) is 3.66. The second-order valence-electron chi connectivity index (χ2n) is 5.55. The second kappa shape index (κ2) is 5.06. The van der Waals surface area contributed by atoms with Gasteiger partial charge < -0.3 is 9.64 Å². The molecule has 0 aliphatic carbocycles. The van der Waals surface area contributed by atoms with Crippen LogP contribution in [0.1, 0.15) is 36.8 Å². The zero-order valence-corrected chi connectivity index (χ0v) is 11.3. The Balaban J connectivity index is 2.30. The first-order valence-corrected chi connectivity index (χ1v) is 6.32. The number of pyridine rings is 1. The molecule has 1 aliphatic rings. The molecule has 0 spiro atoms. The van der Waals surface area contributed by atoms with Gasteiger partial charge in [-0.05, 0) is 17.0 Å². The van der Waals surface area contributed by atoms with Crippen molar-refractivity contribution in [1.29, 1.82) is 0 Å². The predicted molar refractivity (Wildman–Crippen MR) is 69.7 cm³/mol. The number of carbonyl (C=O) groups excluding carboxylic acids is 1. The first-order chi connectivity index (χ1) is 8.50. The summed E-state index contributed by atoms with van der Waals surface area (Å²) in [4.78, 5) is 18.6. The Hall–Kier alpha value is -1.42. The topological polar surface area (TPSA) is 42.4 Å². The third kappa shape index (κ3) is 2.70. The first-order valence-electron chi connectivity index (χ1n) is 6.32. The zero-order valence-electron chi connectivity index (χ0n) is 11.3. The maximum Gasteiger partial charge on any atom is 0.272 e. The Morgan fingerprint density at radius 1 is 1.33 bits per heavy atom. The molecule has 4 heteroatoms. The maximum atomic E-state index is 12.5. The summed E-state index contributed by atoms with van der Waals surface area (Å²) in [6.07, 6.45) is 1.68. The summed E-state index contributed by atoms with van der Waals surface area (Å²) >= 11 is 0. The minimum absolute atomic E-state index is 0.0174. The van der Waals surface area contributed by atoms with Gasteiger partial charge in [0.05, 0.1) is 13.2 Å². The third-order valence-corrected chi connectivity index (χ3v) is 3.12. The van der Waals surface area contributed by atoms with Gasteiger partial charge >= 0.3 is 0 Å². The molecule has 1 fully saturated rings. The Morgan fingerprint density at radius 2 is 2.00 bits per heavy atom. The van der Waals surface area contributed by atoms with Crippen molar-refractivity contribution in [3.05, 3.63) is 29.6 Å². The van der Waals surface area contributed by atoms with Gasteiger partial charge in [-0.25, -0.2) is 0 Å². The minimum atomic E-state index is -0.0778. The average Bonchev–Trinajstić information content (AvgIpc) is 2.38. The maximum absolute atomic E-state index is 12.5. The lowest BCUT2D eigenvalue weighted by atomic mass is 9.85. The summed E-state index contributed by atoms with van der Waals surface area (Å²) in [5.41, 5.74) is 1.50. The lowest BCUT2D eigenvalue weighted by Crippen LogP contribution is -2.41. The van der Waals surface area contributed by atoms with E-state index in [0.29, 0.717) is 32.0 Å². The van der Waals surface area contributed by atoms with Crippen molar-refractivity contribution in [2.45, 2.75) is 26.2 Å². The van der Waals surface area contributed by atoms with Crippen LogP contribution in [0, 0.1) is 0 Å². The molecule has 2 rings (SSSR count). The van der Waals surface area contributed by atoms with Crippen LogP contribution in [0.25, 0.3) is 0 Å².